The van der Waals surface area contributed by atoms with E-state index in [2.05, 4.69) is 10.3 Å². The topological polar surface area (TPSA) is 65.2 Å². The van der Waals surface area contributed by atoms with Gasteiger partial charge in [0, 0.05) is 52.4 Å². The van der Waals surface area contributed by atoms with E-state index >= 15 is 0 Å². The Hall–Kier alpha value is -2.80. The molecule has 0 spiro atoms. The first kappa shape index (κ1) is 20.5. The van der Waals surface area contributed by atoms with Gasteiger partial charge in [0.15, 0.2) is 0 Å². The molecule has 0 atom stereocenters. The Morgan fingerprint density at radius 1 is 1.13 bits per heavy atom. The molecule has 1 aliphatic rings. The number of halogens is 1. The lowest BCUT2D eigenvalue weighted by atomic mass is 10.1. The number of aryl methyl sites for hydroxylation is 2. The van der Waals surface area contributed by atoms with Crippen LogP contribution in [0.4, 0.5) is 10.1 Å². The van der Waals surface area contributed by atoms with E-state index in [4.69, 9.17) is 0 Å². The van der Waals surface area contributed by atoms with Crippen LogP contribution in [0.1, 0.15) is 27.2 Å². The van der Waals surface area contributed by atoms with Crippen molar-refractivity contribution in [3.63, 3.8) is 0 Å². The summed E-state index contributed by atoms with van der Waals surface area (Å²) in [4.78, 5) is 30.4. The van der Waals surface area contributed by atoms with E-state index in [0.29, 0.717) is 11.3 Å². The fourth-order valence-corrected chi connectivity index (χ4v) is 4.73. The molecule has 0 radical (unpaired) electrons. The molecule has 1 aromatic heterocycles. The predicted molar refractivity (Wildman–Crippen MR) is 120 cm³/mol. The fourth-order valence-electron chi connectivity index (χ4n) is 3.82. The fraction of sp³-hybridized carbons (Fsp3) is 0.304. The molecular weight excluding hydrogens is 401 g/mol. The van der Waals surface area contributed by atoms with Gasteiger partial charge in [0.05, 0.1) is 6.42 Å². The lowest BCUT2D eigenvalue weighted by molar-refractivity contribution is -0.115. The molecule has 1 aliphatic heterocycles. The lowest BCUT2D eigenvalue weighted by Gasteiger charge is -2.26. The molecule has 2 N–H and O–H groups in total. The van der Waals surface area contributed by atoms with Gasteiger partial charge in [-0.2, -0.15) is 11.8 Å². The van der Waals surface area contributed by atoms with Crippen molar-refractivity contribution in [2.75, 3.05) is 29.9 Å². The van der Waals surface area contributed by atoms with Crippen molar-refractivity contribution in [1.29, 1.82) is 0 Å². The second-order valence-corrected chi connectivity index (χ2v) is 8.80. The number of amides is 2. The van der Waals surface area contributed by atoms with Crippen molar-refractivity contribution in [2.45, 2.75) is 20.3 Å². The first-order valence-electron chi connectivity index (χ1n) is 9.96. The van der Waals surface area contributed by atoms with E-state index in [1.807, 2.05) is 36.6 Å². The summed E-state index contributed by atoms with van der Waals surface area (Å²) in [6.07, 6.45) is 0.140. The first-order valence-corrected chi connectivity index (χ1v) is 11.1. The molecule has 5 nitrogen and oxygen atoms in total. The summed E-state index contributed by atoms with van der Waals surface area (Å²) >= 11 is 1.86. The minimum absolute atomic E-state index is 0.0349. The summed E-state index contributed by atoms with van der Waals surface area (Å²) in [5.41, 5.74) is 4.60. The highest BCUT2D eigenvalue weighted by Crippen LogP contribution is 2.25. The van der Waals surface area contributed by atoms with Gasteiger partial charge in [-0.3, -0.25) is 9.59 Å². The third kappa shape index (κ3) is 4.21. The summed E-state index contributed by atoms with van der Waals surface area (Å²) in [6, 6.07) is 9.90. The van der Waals surface area contributed by atoms with E-state index in [1.165, 1.54) is 12.1 Å². The predicted octanol–water partition coefficient (Wildman–Crippen LogP) is 4.29. The van der Waals surface area contributed by atoms with E-state index in [1.54, 1.807) is 18.2 Å². The van der Waals surface area contributed by atoms with Crippen molar-refractivity contribution in [3.8, 4) is 0 Å². The molecule has 0 bridgehead atoms. The van der Waals surface area contributed by atoms with Crippen LogP contribution >= 0.6 is 11.8 Å². The average molecular weight is 426 g/mol. The molecule has 0 unspecified atom stereocenters. The molecule has 2 amide bonds. The number of hydrogen-bond donors (Lipinski definition) is 2. The van der Waals surface area contributed by atoms with Gasteiger partial charge in [-0.25, -0.2) is 4.39 Å². The van der Waals surface area contributed by atoms with E-state index < -0.39 is 0 Å². The molecule has 7 heteroatoms. The van der Waals surface area contributed by atoms with Crippen LogP contribution in [-0.4, -0.2) is 46.3 Å². The number of rotatable bonds is 4. The van der Waals surface area contributed by atoms with Crippen molar-refractivity contribution in [1.82, 2.24) is 9.88 Å². The minimum Gasteiger partial charge on any atom is -0.358 e. The monoisotopic (exact) mass is 425 g/mol. The zero-order valence-electron chi connectivity index (χ0n) is 17.0. The van der Waals surface area contributed by atoms with Crippen molar-refractivity contribution in [2.24, 2.45) is 0 Å². The quantitative estimate of drug-likeness (QED) is 0.655. The Labute approximate surface area is 179 Å². The van der Waals surface area contributed by atoms with E-state index in [-0.39, 0.29) is 24.1 Å². The maximum atomic E-state index is 13.7. The maximum Gasteiger partial charge on any atom is 0.253 e. The molecule has 2 heterocycles. The van der Waals surface area contributed by atoms with Gasteiger partial charge in [-0.15, -0.1) is 0 Å². The minimum atomic E-state index is -0.327. The van der Waals surface area contributed by atoms with Gasteiger partial charge in [0.1, 0.15) is 5.82 Å². The number of aromatic nitrogens is 1. The van der Waals surface area contributed by atoms with Crippen LogP contribution in [0.5, 0.6) is 0 Å². The Kier molecular flexibility index (Phi) is 5.81. The van der Waals surface area contributed by atoms with Gasteiger partial charge in [-0.05, 0) is 61.4 Å². The molecule has 1 fully saturated rings. The van der Waals surface area contributed by atoms with Crippen molar-refractivity contribution < 1.29 is 14.0 Å². The van der Waals surface area contributed by atoms with Gasteiger partial charge >= 0.3 is 0 Å². The number of nitrogens with zero attached hydrogens (tertiary/aromatic N) is 1. The molecule has 1 saturated heterocycles. The number of benzene rings is 2. The van der Waals surface area contributed by atoms with Crippen LogP contribution in [0.2, 0.25) is 0 Å². The number of hydrogen-bond acceptors (Lipinski definition) is 3. The van der Waals surface area contributed by atoms with E-state index in [0.717, 1.165) is 52.3 Å². The zero-order valence-corrected chi connectivity index (χ0v) is 17.9. The second kappa shape index (κ2) is 8.52. The molecule has 4 rings (SSSR count). The molecule has 0 aliphatic carbocycles. The van der Waals surface area contributed by atoms with E-state index in [9.17, 15) is 14.0 Å². The summed E-state index contributed by atoms with van der Waals surface area (Å²) < 4.78 is 13.7. The van der Waals surface area contributed by atoms with Crippen molar-refractivity contribution in [3.05, 3.63) is 64.6 Å². The highest BCUT2D eigenvalue weighted by molar-refractivity contribution is 7.99. The smallest absolute Gasteiger partial charge is 0.253 e. The first-order chi connectivity index (χ1) is 14.4. The summed E-state index contributed by atoms with van der Waals surface area (Å²) in [5, 5.41) is 3.65. The highest BCUT2D eigenvalue weighted by Gasteiger charge is 2.19. The van der Waals surface area contributed by atoms with Crippen LogP contribution in [0, 0.1) is 19.7 Å². The number of anilines is 1. The Morgan fingerprint density at radius 3 is 2.63 bits per heavy atom. The number of H-pyrrole nitrogens is 1. The molecule has 2 aromatic carbocycles. The second-order valence-electron chi connectivity index (χ2n) is 7.58. The number of carbonyl (C=O) groups is 2. The SMILES string of the molecule is Cc1cc(C(=O)N2CCSCC2)ccc1NC(=O)Cc1c(C)[nH]c2ccc(F)cc12. The lowest BCUT2D eigenvalue weighted by Crippen LogP contribution is -2.37. The van der Waals surface area contributed by atoms with Gasteiger partial charge < -0.3 is 15.2 Å². The summed E-state index contributed by atoms with van der Waals surface area (Å²) in [5.74, 6) is 1.46. The largest absolute Gasteiger partial charge is 0.358 e. The van der Waals surface area contributed by atoms with Gasteiger partial charge in [0.25, 0.3) is 5.91 Å². The number of carbonyl (C=O) groups excluding carboxylic acids is 2. The van der Waals surface area contributed by atoms with Crippen molar-refractivity contribution >= 4 is 40.2 Å². The molecule has 30 heavy (non-hydrogen) atoms. The standard InChI is InChI=1S/C23H24FN3O2S/c1-14-11-16(23(29)27-7-9-30-10-8-27)3-5-20(14)26-22(28)13-18-15(2)25-21-6-4-17(24)12-19(18)21/h3-6,11-12,25H,7-10,13H2,1-2H3,(H,26,28). The molecule has 0 saturated carbocycles. The molecule has 3 aromatic rings. The summed E-state index contributed by atoms with van der Waals surface area (Å²) in [6.45, 7) is 5.30. The number of fused-ring (bicyclic) bond motifs is 1. The van der Waals surface area contributed by atoms with Crippen LogP contribution in [0.15, 0.2) is 36.4 Å². The molecule has 156 valence electrons. The third-order valence-corrected chi connectivity index (χ3v) is 6.41. The van der Waals surface area contributed by atoms with Gasteiger partial charge in [0.2, 0.25) is 5.91 Å². The number of aromatic amines is 1. The van der Waals surface area contributed by atoms with Gasteiger partial charge in [-0.1, -0.05) is 0 Å². The third-order valence-electron chi connectivity index (χ3n) is 5.46. The van der Waals surface area contributed by atoms with Crippen LogP contribution < -0.4 is 5.32 Å². The van der Waals surface area contributed by atoms with Crippen LogP contribution in [0.3, 0.4) is 0 Å². The Morgan fingerprint density at radius 2 is 1.90 bits per heavy atom. The highest BCUT2D eigenvalue weighted by atomic mass is 32.2. The average Bonchev–Trinajstić information content (AvgIpc) is 3.04. The van der Waals surface area contributed by atoms with Crippen LogP contribution in [-0.2, 0) is 11.2 Å². The zero-order chi connectivity index (χ0) is 21.3. The normalized spacial score (nSPS) is 14.2. The Bertz CT molecular complexity index is 1120. The molecular formula is C23H24FN3O2S. The van der Waals surface area contributed by atoms with Crippen LogP contribution in [0.25, 0.3) is 10.9 Å². The number of thioether (sulfide) groups is 1. The maximum absolute atomic E-state index is 13.7. The summed E-state index contributed by atoms with van der Waals surface area (Å²) in [7, 11) is 0. The Balaban J connectivity index is 1.48. The number of nitrogens with one attached hydrogen (secondary N) is 2.